The Labute approximate surface area is 248 Å². The highest BCUT2D eigenvalue weighted by atomic mass is 32.1. The quantitative estimate of drug-likeness (QED) is 0.256. The van der Waals surface area contributed by atoms with Crippen LogP contribution in [-0.2, 0) is 20.8 Å². The van der Waals surface area contributed by atoms with Crippen LogP contribution in [0.1, 0.15) is 82.2 Å². The summed E-state index contributed by atoms with van der Waals surface area (Å²) in [7, 11) is 0. The maximum absolute atomic E-state index is 13.8. The molecule has 2 atom stereocenters. The molecule has 1 saturated carbocycles. The summed E-state index contributed by atoms with van der Waals surface area (Å²) in [6.45, 7) is 13.0. The molecule has 1 aromatic carbocycles. The Morgan fingerprint density at radius 1 is 1.17 bits per heavy atom. The highest BCUT2D eigenvalue weighted by molar-refractivity contribution is 7.18. The number of hydrogen-bond donors (Lipinski definition) is 2. The van der Waals surface area contributed by atoms with Gasteiger partial charge in [0.1, 0.15) is 0 Å². The second-order valence-electron chi connectivity index (χ2n) is 11.8. The van der Waals surface area contributed by atoms with Gasteiger partial charge in [-0.15, -0.1) is 11.3 Å². The molecule has 2 aromatic rings. The van der Waals surface area contributed by atoms with Gasteiger partial charge in [0.2, 0.25) is 17.7 Å². The molecule has 2 aliphatic rings. The summed E-state index contributed by atoms with van der Waals surface area (Å²) in [6.07, 6.45) is 8.74. The number of thiazole rings is 1. The maximum Gasteiger partial charge on any atom is 0.247 e. The van der Waals surface area contributed by atoms with E-state index in [4.69, 9.17) is 4.98 Å². The van der Waals surface area contributed by atoms with Crippen molar-refractivity contribution in [3.63, 3.8) is 0 Å². The fourth-order valence-corrected chi connectivity index (χ4v) is 6.55. The minimum absolute atomic E-state index is 0.158. The third kappa shape index (κ3) is 8.79. The second-order valence-corrected chi connectivity index (χ2v) is 12.9. The van der Waals surface area contributed by atoms with E-state index >= 15 is 0 Å². The Hall–Kier alpha value is -2.91. The average Bonchev–Trinajstić information content (AvgIpc) is 3.36. The van der Waals surface area contributed by atoms with Crippen molar-refractivity contribution < 1.29 is 14.4 Å². The maximum atomic E-state index is 13.8. The van der Waals surface area contributed by atoms with Crippen LogP contribution in [0.2, 0.25) is 0 Å². The largest absolute Gasteiger partial charge is 0.351 e. The molecule has 41 heavy (non-hydrogen) atoms. The van der Waals surface area contributed by atoms with Gasteiger partial charge in [-0.1, -0.05) is 52.7 Å². The van der Waals surface area contributed by atoms with Crippen LogP contribution in [0.3, 0.4) is 0 Å². The number of carbonyl (C=O) groups is 3. The van der Waals surface area contributed by atoms with Crippen LogP contribution in [0, 0.1) is 11.8 Å². The van der Waals surface area contributed by atoms with Gasteiger partial charge in [-0.2, -0.15) is 0 Å². The second kappa shape index (κ2) is 14.8. The van der Waals surface area contributed by atoms with Gasteiger partial charge in [-0.05, 0) is 61.9 Å². The molecule has 0 bridgehead atoms. The van der Waals surface area contributed by atoms with Crippen LogP contribution in [0.15, 0.2) is 35.3 Å². The van der Waals surface area contributed by atoms with Crippen LogP contribution in [-0.4, -0.2) is 66.0 Å². The summed E-state index contributed by atoms with van der Waals surface area (Å²) in [4.78, 5) is 49.7. The van der Waals surface area contributed by atoms with E-state index in [1.54, 1.807) is 18.3 Å². The highest BCUT2D eigenvalue weighted by Crippen LogP contribution is 2.29. The third-order valence-corrected chi connectivity index (χ3v) is 9.31. The minimum Gasteiger partial charge on any atom is -0.351 e. The lowest BCUT2D eigenvalue weighted by molar-refractivity contribution is -0.124. The molecule has 8 nitrogen and oxygen atoms in total. The Kier molecular flexibility index (Phi) is 11.2. The SMILES string of the molecule is C=C(CN1CCC1)C(=O)NCC(NC(=O)C(C=NC(=O)CC)Cc1nc2ccc(C(C)C)cc2s1)C1CCCCC1. The molecular weight excluding hydrogens is 534 g/mol. The van der Waals surface area contributed by atoms with Gasteiger partial charge >= 0.3 is 0 Å². The molecule has 222 valence electrons. The van der Waals surface area contributed by atoms with E-state index < -0.39 is 5.92 Å². The minimum atomic E-state index is -0.640. The highest BCUT2D eigenvalue weighted by Gasteiger charge is 2.29. The van der Waals surface area contributed by atoms with Gasteiger partial charge in [0.25, 0.3) is 0 Å². The first-order chi connectivity index (χ1) is 19.7. The van der Waals surface area contributed by atoms with E-state index in [0.29, 0.717) is 31.0 Å². The molecule has 9 heteroatoms. The number of aliphatic imine (C=N–C) groups is 1. The molecule has 2 unspecified atom stereocenters. The Morgan fingerprint density at radius 2 is 1.93 bits per heavy atom. The van der Waals surface area contributed by atoms with Gasteiger partial charge in [0, 0.05) is 43.8 Å². The summed E-state index contributed by atoms with van der Waals surface area (Å²) < 4.78 is 1.09. The monoisotopic (exact) mass is 579 g/mol. The van der Waals surface area contributed by atoms with Gasteiger partial charge in [-0.25, -0.2) is 9.98 Å². The van der Waals surface area contributed by atoms with E-state index in [1.807, 2.05) is 6.07 Å². The van der Waals surface area contributed by atoms with Crippen molar-refractivity contribution in [1.82, 2.24) is 20.5 Å². The number of benzene rings is 1. The van der Waals surface area contributed by atoms with Gasteiger partial charge < -0.3 is 10.6 Å². The van der Waals surface area contributed by atoms with Crippen molar-refractivity contribution in [2.24, 2.45) is 16.8 Å². The summed E-state index contributed by atoms with van der Waals surface area (Å²) in [6, 6.07) is 6.10. The standard InChI is InChI=1S/C32H45N5O3S/c1-5-29(38)33-18-25(17-30-35-26-13-12-24(21(2)3)16-28(26)41-30)32(40)36-27(23-10-7-6-8-11-23)19-34-31(39)22(4)20-37-14-9-15-37/h12-13,16,18,21,23,25,27H,4-11,14-15,17,19-20H2,1-3H3,(H,34,39)(H,36,40). The summed E-state index contributed by atoms with van der Waals surface area (Å²) in [5.41, 5.74) is 2.72. The van der Waals surface area contributed by atoms with Gasteiger partial charge in [-0.3, -0.25) is 19.3 Å². The fraction of sp³-hybridized carbons (Fsp3) is 0.594. The molecule has 1 aliphatic heterocycles. The number of likely N-dealkylation sites (tertiary alicyclic amines) is 1. The van der Waals surface area contributed by atoms with Crippen molar-refractivity contribution in [3.05, 3.63) is 40.9 Å². The van der Waals surface area contributed by atoms with Crippen LogP contribution in [0.4, 0.5) is 0 Å². The van der Waals surface area contributed by atoms with E-state index in [9.17, 15) is 14.4 Å². The molecule has 0 spiro atoms. The number of amides is 3. The third-order valence-electron chi connectivity index (χ3n) is 8.27. The van der Waals surface area contributed by atoms with Crippen molar-refractivity contribution >= 4 is 45.5 Å². The molecule has 2 heterocycles. The smallest absolute Gasteiger partial charge is 0.247 e. The molecule has 2 N–H and O–H groups in total. The van der Waals surface area contributed by atoms with Crippen molar-refractivity contribution in [2.45, 2.75) is 84.1 Å². The lowest BCUT2D eigenvalue weighted by Crippen LogP contribution is -2.51. The molecule has 0 radical (unpaired) electrons. The normalized spacial score (nSPS) is 17.9. The van der Waals surface area contributed by atoms with E-state index in [2.05, 4.69) is 53.1 Å². The first-order valence-corrected chi connectivity index (χ1v) is 16.0. The number of rotatable bonds is 13. The number of nitrogens with one attached hydrogen (secondary N) is 2. The molecular formula is C32H45N5O3S. The van der Waals surface area contributed by atoms with Crippen LogP contribution < -0.4 is 10.6 Å². The number of nitrogens with zero attached hydrogens (tertiary/aromatic N) is 3. The van der Waals surface area contributed by atoms with Gasteiger partial charge in [0.15, 0.2) is 0 Å². The average molecular weight is 580 g/mol. The molecule has 1 aromatic heterocycles. The summed E-state index contributed by atoms with van der Waals surface area (Å²) in [5, 5.41) is 7.12. The van der Waals surface area contributed by atoms with Crippen LogP contribution >= 0.6 is 11.3 Å². The predicted octanol–water partition coefficient (Wildman–Crippen LogP) is 5.03. The van der Waals surface area contributed by atoms with E-state index in [1.165, 1.54) is 18.2 Å². The zero-order valence-electron chi connectivity index (χ0n) is 24.8. The number of aromatic nitrogens is 1. The van der Waals surface area contributed by atoms with Gasteiger partial charge in [0.05, 0.1) is 21.1 Å². The first kappa shape index (κ1) is 31.0. The number of hydrogen-bond acceptors (Lipinski definition) is 6. The Balaban J connectivity index is 1.48. The van der Waals surface area contributed by atoms with E-state index in [-0.39, 0.29) is 36.1 Å². The zero-order valence-corrected chi connectivity index (χ0v) is 25.6. The fourth-order valence-electron chi connectivity index (χ4n) is 5.47. The lowest BCUT2D eigenvalue weighted by atomic mass is 9.83. The Bertz CT molecular complexity index is 1260. The lowest BCUT2D eigenvalue weighted by Gasteiger charge is -2.33. The zero-order chi connectivity index (χ0) is 29.4. The molecule has 4 rings (SSSR count). The topological polar surface area (TPSA) is 104 Å². The van der Waals surface area contributed by atoms with E-state index in [0.717, 1.165) is 60.4 Å². The molecule has 1 saturated heterocycles. The predicted molar refractivity (Wildman–Crippen MR) is 166 cm³/mol. The molecule has 1 aliphatic carbocycles. The van der Waals surface area contributed by atoms with Crippen molar-refractivity contribution in [1.29, 1.82) is 0 Å². The van der Waals surface area contributed by atoms with Crippen molar-refractivity contribution in [2.75, 3.05) is 26.2 Å². The first-order valence-electron chi connectivity index (χ1n) is 15.2. The Morgan fingerprint density at radius 3 is 2.59 bits per heavy atom. The van der Waals surface area contributed by atoms with Crippen LogP contribution in [0.25, 0.3) is 10.2 Å². The number of carbonyl (C=O) groups excluding carboxylic acids is 3. The van der Waals surface area contributed by atoms with Crippen molar-refractivity contribution in [3.8, 4) is 0 Å². The molecule has 3 amide bonds. The molecule has 2 fully saturated rings. The number of fused-ring (bicyclic) bond motifs is 1. The summed E-state index contributed by atoms with van der Waals surface area (Å²) >= 11 is 1.58. The summed E-state index contributed by atoms with van der Waals surface area (Å²) in [5.74, 6) is -0.550. The van der Waals surface area contributed by atoms with Crippen LogP contribution in [0.5, 0.6) is 0 Å².